The Kier molecular flexibility index (Phi) is 5.20. The van der Waals surface area contributed by atoms with E-state index in [1.807, 2.05) is 52.0 Å². The molecule has 2 aromatic rings. The van der Waals surface area contributed by atoms with E-state index in [4.69, 9.17) is 4.74 Å². The van der Waals surface area contributed by atoms with Gasteiger partial charge in [0, 0.05) is 6.04 Å². The second kappa shape index (κ2) is 7.13. The molecule has 2 N–H and O–H groups in total. The lowest BCUT2D eigenvalue weighted by Crippen LogP contribution is -2.38. The molecule has 7 nitrogen and oxygen atoms in total. The maximum absolute atomic E-state index is 12.1. The molecular formula is C16H23N5O2. The molecule has 1 heterocycles. The predicted molar refractivity (Wildman–Crippen MR) is 88.5 cm³/mol. The van der Waals surface area contributed by atoms with Crippen LogP contribution in [-0.2, 0) is 6.54 Å². The molecule has 0 saturated heterocycles. The first kappa shape index (κ1) is 16.8. The van der Waals surface area contributed by atoms with Gasteiger partial charge < -0.3 is 15.4 Å². The molecule has 0 bridgehead atoms. The number of hydrogen-bond donors (Lipinski definition) is 2. The zero-order valence-electron chi connectivity index (χ0n) is 13.9. The number of anilines is 1. The van der Waals surface area contributed by atoms with Gasteiger partial charge in [-0.05, 0) is 39.8 Å². The molecule has 1 aromatic heterocycles. The van der Waals surface area contributed by atoms with E-state index in [1.54, 1.807) is 11.0 Å². The molecule has 23 heavy (non-hydrogen) atoms. The first-order chi connectivity index (χ1) is 10.8. The predicted octanol–water partition coefficient (Wildman–Crippen LogP) is 2.67. The van der Waals surface area contributed by atoms with Crippen LogP contribution in [0.25, 0.3) is 0 Å². The van der Waals surface area contributed by atoms with Crippen molar-refractivity contribution in [3.8, 4) is 5.75 Å². The quantitative estimate of drug-likeness (QED) is 0.888. The first-order valence-corrected chi connectivity index (χ1v) is 7.51. The van der Waals surface area contributed by atoms with Gasteiger partial charge >= 0.3 is 6.03 Å². The van der Waals surface area contributed by atoms with Crippen molar-refractivity contribution in [2.45, 2.75) is 45.9 Å². The summed E-state index contributed by atoms with van der Waals surface area (Å²) in [6.45, 7) is 8.34. The molecule has 0 unspecified atom stereocenters. The highest BCUT2D eigenvalue weighted by atomic mass is 16.5. The van der Waals surface area contributed by atoms with Crippen LogP contribution in [0.1, 0.15) is 27.7 Å². The highest BCUT2D eigenvalue weighted by Crippen LogP contribution is 2.27. The Hall–Kier alpha value is -2.57. The number of carbonyl (C=O) groups excluding carboxylic acids is 1. The van der Waals surface area contributed by atoms with Crippen molar-refractivity contribution in [3.05, 3.63) is 36.9 Å². The SMILES string of the molecule is C[C@@H](Cn1cncn1)NC(=O)Nc1ccccc1OC(C)(C)C. The van der Waals surface area contributed by atoms with E-state index in [1.165, 1.54) is 6.33 Å². The number of benzene rings is 1. The number of ether oxygens (including phenoxy) is 1. The van der Waals surface area contributed by atoms with E-state index in [0.717, 1.165) is 0 Å². The van der Waals surface area contributed by atoms with Gasteiger partial charge in [0.25, 0.3) is 0 Å². The van der Waals surface area contributed by atoms with Crippen molar-refractivity contribution in [3.63, 3.8) is 0 Å². The molecule has 2 amide bonds. The van der Waals surface area contributed by atoms with Crippen LogP contribution in [0.5, 0.6) is 5.75 Å². The van der Waals surface area contributed by atoms with Gasteiger partial charge in [-0.1, -0.05) is 12.1 Å². The summed E-state index contributed by atoms with van der Waals surface area (Å²) >= 11 is 0. The Bertz CT molecular complexity index is 634. The molecule has 0 aliphatic carbocycles. The van der Waals surface area contributed by atoms with Gasteiger partial charge in [-0.3, -0.25) is 4.68 Å². The summed E-state index contributed by atoms with van der Waals surface area (Å²) in [5.74, 6) is 0.638. The zero-order chi connectivity index (χ0) is 16.9. The Labute approximate surface area is 136 Å². The number of urea groups is 1. The molecule has 124 valence electrons. The molecule has 0 fully saturated rings. The normalized spacial score (nSPS) is 12.5. The summed E-state index contributed by atoms with van der Waals surface area (Å²) in [4.78, 5) is 16.0. The summed E-state index contributed by atoms with van der Waals surface area (Å²) < 4.78 is 7.53. The maximum Gasteiger partial charge on any atom is 0.319 e. The number of nitrogens with zero attached hydrogens (tertiary/aromatic N) is 3. The van der Waals surface area contributed by atoms with Crippen LogP contribution >= 0.6 is 0 Å². The van der Waals surface area contributed by atoms with E-state index >= 15 is 0 Å². The Balaban J connectivity index is 1.94. The number of nitrogens with one attached hydrogen (secondary N) is 2. The summed E-state index contributed by atoms with van der Waals surface area (Å²) in [7, 11) is 0. The van der Waals surface area contributed by atoms with Gasteiger partial charge in [-0.25, -0.2) is 9.78 Å². The van der Waals surface area contributed by atoms with Crippen molar-refractivity contribution in [1.82, 2.24) is 20.1 Å². The fraction of sp³-hybridized carbons (Fsp3) is 0.438. The molecule has 0 aliphatic heterocycles. The highest BCUT2D eigenvalue weighted by molar-refractivity contribution is 5.91. The first-order valence-electron chi connectivity index (χ1n) is 7.51. The van der Waals surface area contributed by atoms with E-state index in [0.29, 0.717) is 18.0 Å². The van der Waals surface area contributed by atoms with Crippen LogP contribution in [0.2, 0.25) is 0 Å². The maximum atomic E-state index is 12.1. The van der Waals surface area contributed by atoms with Crippen LogP contribution in [0, 0.1) is 0 Å². The lowest BCUT2D eigenvalue weighted by atomic mass is 10.2. The van der Waals surface area contributed by atoms with Gasteiger partial charge in [-0.15, -0.1) is 0 Å². The number of aromatic nitrogens is 3. The van der Waals surface area contributed by atoms with Crippen LogP contribution in [0.15, 0.2) is 36.9 Å². The standard InChI is InChI=1S/C16H23N5O2/c1-12(9-21-11-17-10-18-21)19-15(22)20-13-7-5-6-8-14(13)23-16(2,3)4/h5-8,10-12H,9H2,1-4H3,(H2,19,20,22)/t12-/m0/s1. The number of para-hydroxylation sites is 2. The fourth-order valence-corrected chi connectivity index (χ4v) is 2.02. The monoisotopic (exact) mass is 317 g/mol. The third-order valence-corrected chi connectivity index (χ3v) is 2.86. The van der Waals surface area contributed by atoms with Crippen LogP contribution in [-0.4, -0.2) is 32.4 Å². The minimum absolute atomic E-state index is 0.0904. The summed E-state index contributed by atoms with van der Waals surface area (Å²) in [5.41, 5.74) is 0.294. The Morgan fingerprint density at radius 1 is 1.35 bits per heavy atom. The topological polar surface area (TPSA) is 81.1 Å². The molecule has 7 heteroatoms. The third-order valence-electron chi connectivity index (χ3n) is 2.86. The van der Waals surface area contributed by atoms with Gasteiger partial charge in [0.1, 0.15) is 24.0 Å². The second-order valence-electron chi connectivity index (χ2n) is 6.33. The summed E-state index contributed by atoms with van der Waals surface area (Å²) in [6.07, 6.45) is 3.08. The lowest BCUT2D eigenvalue weighted by molar-refractivity contribution is 0.132. The molecule has 1 aromatic carbocycles. The highest BCUT2D eigenvalue weighted by Gasteiger charge is 2.16. The van der Waals surface area contributed by atoms with Gasteiger partial charge in [0.05, 0.1) is 12.2 Å². The van der Waals surface area contributed by atoms with Crippen LogP contribution in [0.4, 0.5) is 10.5 Å². The number of hydrogen-bond acceptors (Lipinski definition) is 4. The molecule has 2 rings (SSSR count). The largest absolute Gasteiger partial charge is 0.486 e. The zero-order valence-corrected chi connectivity index (χ0v) is 13.9. The average molecular weight is 317 g/mol. The average Bonchev–Trinajstić information content (AvgIpc) is 2.91. The van der Waals surface area contributed by atoms with Crippen molar-refractivity contribution >= 4 is 11.7 Å². The van der Waals surface area contributed by atoms with Crippen molar-refractivity contribution in [1.29, 1.82) is 0 Å². The molecule has 0 radical (unpaired) electrons. The molecule has 1 atom stereocenters. The van der Waals surface area contributed by atoms with E-state index < -0.39 is 0 Å². The minimum atomic E-state index is -0.339. The number of amides is 2. The van der Waals surface area contributed by atoms with Crippen LogP contribution < -0.4 is 15.4 Å². The van der Waals surface area contributed by atoms with E-state index in [9.17, 15) is 4.79 Å². The van der Waals surface area contributed by atoms with E-state index in [-0.39, 0.29) is 17.7 Å². The Morgan fingerprint density at radius 3 is 2.74 bits per heavy atom. The fourth-order valence-electron chi connectivity index (χ4n) is 2.02. The smallest absolute Gasteiger partial charge is 0.319 e. The Morgan fingerprint density at radius 2 is 2.09 bits per heavy atom. The molecule has 0 spiro atoms. The van der Waals surface area contributed by atoms with Crippen molar-refractivity contribution < 1.29 is 9.53 Å². The molecule has 0 aliphatic rings. The number of carbonyl (C=O) groups is 1. The molecular weight excluding hydrogens is 294 g/mol. The third kappa shape index (κ3) is 5.61. The summed E-state index contributed by atoms with van der Waals surface area (Å²) in [6, 6.07) is 6.99. The van der Waals surface area contributed by atoms with Gasteiger partial charge in [0.2, 0.25) is 0 Å². The second-order valence-corrected chi connectivity index (χ2v) is 6.33. The van der Waals surface area contributed by atoms with Crippen LogP contribution in [0.3, 0.4) is 0 Å². The lowest BCUT2D eigenvalue weighted by Gasteiger charge is -2.23. The number of rotatable bonds is 5. The van der Waals surface area contributed by atoms with Gasteiger partial charge in [0.15, 0.2) is 0 Å². The molecule has 0 saturated carbocycles. The van der Waals surface area contributed by atoms with E-state index in [2.05, 4.69) is 20.7 Å². The summed E-state index contributed by atoms with van der Waals surface area (Å²) in [5, 5.41) is 9.70. The minimum Gasteiger partial charge on any atom is -0.486 e. The van der Waals surface area contributed by atoms with Crippen molar-refractivity contribution in [2.75, 3.05) is 5.32 Å². The van der Waals surface area contributed by atoms with Crippen molar-refractivity contribution in [2.24, 2.45) is 0 Å². The van der Waals surface area contributed by atoms with Gasteiger partial charge in [-0.2, -0.15) is 5.10 Å².